The largest absolute Gasteiger partial charge is 0.493 e. The molecular weight excluding hydrogens is 376 g/mol. The second-order valence-electron chi connectivity index (χ2n) is 6.03. The van der Waals surface area contributed by atoms with Crippen LogP contribution in [0.3, 0.4) is 0 Å². The van der Waals surface area contributed by atoms with Crippen LogP contribution in [-0.4, -0.2) is 31.3 Å². The van der Waals surface area contributed by atoms with E-state index >= 15 is 0 Å². The Morgan fingerprint density at radius 2 is 1.82 bits per heavy atom. The lowest BCUT2D eigenvalue weighted by Gasteiger charge is -2.10. The summed E-state index contributed by atoms with van der Waals surface area (Å²) in [6.07, 6.45) is 0.913. The van der Waals surface area contributed by atoms with E-state index in [2.05, 4.69) is 16.5 Å². The molecule has 6 nitrogen and oxygen atoms in total. The Morgan fingerprint density at radius 3 is 2.50 bits per heavy atom. The Hall–Kier alpha value is -2.80. The maximum atomic E-state index is 13.0. The van der Waals surface area contributed by atoms with Crippen molar-refractivity contribution in [3.8, 4) is 17.2 Å². The van der Waals surface area contributed by atoms with Crippen LogP contribution < -0.4 is 19.0 Å². The summed E-state index contributed by atoms with van der Waals surface area (Å²) in [6.45, 7) is 5.37. The van der Waals surface area contributed by atoms with Gasteiger partial charge in [-0.15, -0.1) is 0 Å². The minimum Gasteiger partial charge on any atom is -0.493 e. The van der Waals surface area contributed by atoms with Crippen molar-refractivity contribution < 1.29 is 19.0 Å². The number of rotatable bonds is 7. The fraction of sp³-hybridized carbons (Fsp3) is 0.333. The molecule has 0 N–H and O–H groups in total. The molecular formula is C21H24N2O4S. The van der Waals surface area contributed by atoms with Gasteiger partial charge in [-0.05, 0) is 37.6 Å². The number of ether oxygens (including phenoxy) is 3. The first-order valence-electron chi connectivity index (χ1n) is 9.19. The molecule has 0 unspecified atom stereocenters. The van der Waals surface area contributed by atoms with Gasteiger partial charge in [0, 0.05) is 6.54 Å². The van der Waals surface area contributed by atoms with Crippen LogP contribution in [0.5, 0.6) is 17.2 Å². The first kappa shape index (κ1) is 19.9. The molecule has 1 aromatic heterocycles. The molecule has 3 aromatic rings. The average molecular weight is 401 g/mol. The van der Waals surface area contributed by atoms with E-state index in [9.17, 15) is 4.79 Å². The van der Waals surface area contributed by atoms with Gasteiger partial charge in [-0.1, -0.05) is 30.4 Å². The first-order chi connectivity index (χ1) is 13.6. The minimum atomic E-state index is -0.370. The van der Waals surface area contributed by atoms with E-state index in [-0.39, 0.29) is 5.91 Å². The van der Waals surface area contributed by atoms with Crippen molar-refractivity contribution >= 4 is 27.5 Å². The fourth-order valence-corrected chi connectivity index (χ4v) is 4.16. The van der Waals surface area contributed by atoms with E-state index in [0.717, 1.165) is 28.9 Å². The highest BCUT2D eigenvalue weighted by molar-refractivity contribution is 7.16. The number of thiazole rings is 1. The van der Waals surface area contributed by atoms with Crippen LogP contribution in [0.25, 0.3) is 10.2 Å². The van der Waals surface area contributed by atoms with Crippen molar-refractivity contribution in [3.63, 3.8) is 0 Å². The molecule has 1 heterocycles. The summed E-state index contributed by atoms with van der Waals surface area (Å²) >= 11 is 1.47. The molecule has 0 aliphatic heterocycles. The molecule has 0 radical (unpaired) electrons. The van der Waals surface area contributed by atoms with Crippen LogP contribution in [0.15, 0.2) is 41.4 Å². The number of para-hydroxylation sites is 2. The molecule has 1 amide bonds. The fourth-order valence-electron chi connectivity index (χ4n) is 3.09. The van der Waals surface area contributed by atoms with E-state index in [1.165, 1.54) is 18.4 Å². The van der Waals surface area contributed by atoms with Crippen molar-refractivity contribution in [1.29, 1.82) is 0 Å². The summed E-state index contributed by atoms with van der Waals surface area (Å²) in [6, 6.07) is 11.1. The van der Waals surface area contributed by atoms with E-state index in [4.69, 9.17) is 14.2 Å². The zero-order chi connectivity index (χ0) is 20.1. The molecule has 2 aromatic carbocycles. The van der Waals surface area contributed by atoms with Gasteiger partial charge in [0.25, 0.3) is 5.91 Å². The summed E-state index contributed by atoms with van der Waals surface area (Å²) in [7, 11) is 3.05. The molecule has 7 heteroatoms. The summed E-state index contributed by atoms with van der Waals surface area (Å²) in [5, 5.41) is 0. The van der Waals surface area contributed by atoms with Gasteiger partial charge in [0.05, 0.1) is 31.1 Å². The van der Waals surface area contributed by atoms with E-state index in [1.807, 2.05) is 25.1 Å². The number of hydrogen-bond acceptors (Lipinski definition) is 5. The molecule has 0 aliphatic rings. The number of fused-ring (bicyclic) bond motifs is 1. The average Bonchev–Trinajstić information content (AvgIpc) is 3.05. The standard InChI is InChI=1S/C21H24N2O4S/c1-5-13-23-18-15(27-6-2)10-8-12-17(18)28-21(23)22-20(24)14-9-7-11-16(25-3)19(14)26-4/h7-12H,5-6,13H2,1-4H3. The summed E-state index contributed by atoms with van der Waals surface area (Å²) < 4.78 is 19.6. The predicted octanol–water partition coefficient (Wildman–Crippen LogP) is 4.27. The number of hydrogen-bond donors (Lipinski definition) is 0. The van der Waals surface area contributed by atoms with E-state index in [0.29, 0.717) is 28.5 Å². The van der Waals surface area contributed by atoms with Gasteiger partial charge in [0.1, 0.15) is 11.3 Å². The number of methoxy groups -OCH3 is 2. The second kappa shape index (κ2) is 8.93. The Kier molecular flexibility index (Phi) is 6.36. The maximum absolute atomic E-state index is 13.0. The van der Waals surface area contributed by atoms with Crippen molar-refractivity contribution in [2.24, 2.45) is 4.99 Å². The Balaban J connectivity index is 2.18. The van der Waals surface area contributed by atoms with E-state index in [1.54, 1.807) is 25.3 Å². The minimum absolute atomic E-state index is 0.368. The van der Waals surface area contributed by atoms with Gasteiger partial charge in [-0.2, -0.15) is 4.99 Å². The number of carbonyl (C=O) groups is 1. The maximum Gasteiger partial charge on any atom is 0.283 e. The lowest BCUT2D eigenvalue weighted by atomic mass is 10.2. The van der Waals surface area contributed by atoms with E-state index < -0.39 is 0 Å². The number of amides is 1. The smallest absolute Gasteiger partial charge is 0.283 e. The number of nitrogens with zero attached hydrogens (tertiary/aromatic N) is 2. The van der Waals surface area contributed by atoms with Crippen molar-refractivity contribution in [2.45, 2.75) is 26.8 Å². The van der Waals surface area contributed by atoms with Crippen molar-refractivity contribution in [2.75, 3.05) is 20.8 Å². The second-order valence-corrected chi connectivity index (χ2v) is 7.04. The van der Waals surface area contributed by atoms with Gasteiger partial charge in [0.2, 0.25) is 0 Å². The van der Waals surface area contributed by atoms with Crippen LogP contribution >= 0.6 is 11.3 Å². The summed E-state index contributed by atoms with van der Waals surface area (Å²) in [5.74, 6) is 1.32. The van der Waals surface area contributed by atoms with Gasteiger partial charge in [-0.3, -0.25) is 4.79 Å². The summed E-state index contributed by atoms with van der Waals surface area (Å²) in [4.78, 5) is 18.0. The normalized spacial score (nSPS) is 11.6. The molecule has 3 rings (SSSR count). The highest BCUT2D eigenvalue weighted by Crippen LogP contribution is 2.31. The highest BCUT2D eigenvalue weighted by atomic mass is 32.1. The molecule has 0 atom stereocenters. The Morgan fingerprint density at radius 1 is 1.07 bits per heavy atom. The zero-order valence-electron chi connectivity index (χ0n) is 16.5. The van der Waals surface area contributed by atoms with Gasteiger partial charge in [0.15, 0.2) is 16.3 Å². The SMILES string of the molecule is CCCn1c(=NC(=O)c2cccc(OC)c2OC)sc2cccc(OCC)c21. The molecule has 0 saturated heterocycles. The predicted molar refractivity (Wildman–Crippen MR) is 111 cm³/mol. The van der Waals surface area contributed by atoms with Crippen molar-refractivity contribution in [3.05, 3.63) is 46.8 Å². The third-order valence-corrected chi connectivity index (χ3v) is 5.29. The molecule has 0 saturated carbocycles. The Bertz CT molecular complexity index is 1050. The summed E-state index contributed by atoms with van der Waals surface area (Å²) in [5.41, 5.74) is 1.34. The topological polar surface area (TPSA) is 62.1 Å². The lowest BCUT2D eigenvalue weighted by molar-refractivity contribution is 0.0994. The quantitative estimate of drug-likeness (QED) is 0.594. The lowest BCUT2D eigenvalue weighted by Crippen LogP contribution is -2.17. The number of aryl methyl sites for hydroxylation is 1. The number of aromatic nitrogens is 1. The number of carbonyl (C=O) groups excluding carboxylic acids is 1. The third-order valence-electron chi connectivity index (χ3n) is 4.24. The first-order valence-corrected chi connectivity index (χ1v) is 10.0. The van der Waals surface area contributed by atoms with Gasteiger partial charge < -0.3 is 18.8 Å². The third kappa shape index (κ3) is 3.75. The van der Waals surface area contributed by atoms with Crippen LogP contribution in [0, 0.1) is 0 Å². The van der Waals surface area contributed by atoms with Crippen LogP contribution in [0.1, 0.15) is 30.6 Å². The van der Waals surface area contributed by atoms with Crippen LogP contribution in [0.2, 0.25) is 0 Å². The van der Waals surface area contributed by atoms with Crippen LogP contribution in [-0.2, 0) is 6.54 Å². The molecule has 148 valence electrons. The van der Waals surface area contributed by atoms with Crippen molar-refractivity contribution in [1.82, 2.24) is 4.57 Å². The molecule has 0 fully saturated rings. The zero-order valence-corrected chi connectivity index (χ0v) is 17.3. The monoisotopic (exact) mass is 400 g/mol. The van der Waals surface area contributed by atoms with Crippen LogP contribution in [0.4, 0.5) is 0 Å². The molecule has 0 bridgehead atoms. The van der Waals surface area contributed by atoms with Gasteiger partial charge >= 0.3 is 0 Å². The number of benzene rings is 2. The molecule has 0 aliphatic carbocycles. The molecule has 28 heavy (non-hydrogen) atoms. The Labute approximate surface area is 168 Å². The highest BCUT2D eigenvalue weighted by Gasteiger charge is 2.17. The van der Waals surface area contributed by atoms with Gasteiger partial charge in [-0.25, -0.2) is 0 Å². The molecule has 0 spiro atoms.